The van der Waals surface area contributed by atoms with Gasteiger partial charge in [0.2, 0.25) is 0 Å². The van der Waals surface area contributed by atoms with Gasteiger partial charge in [-0.15, -0.1) is 0 Å². The van der Waals surface area contributed by atoms with Crippen molar-refractivity contribution < 1.29 is 4.74 Å². The van der Waals surface area contributed by atoms with Crippen LogP contribution in [0.15, 0.2) is 12.4 Å². The molecule has 15 heavy (non-hydrogen) atoms. The van der Waals surface area contributed by atoms with Crippen LogP contribution in [0.1, 0.15) is 0 Å². The summed E-state index contributed by atoms with van der Waals surface area (Å²) in [5.74, 6) is 0.537. The second-order valence-corrected chi connectivity index (χ2v) is 3.98. The number of hydrogen-bond donors (Lipinski definition) is 2. The van der Waals surface area contributed by atoms with Crippen molar-refractivity contribution in [2.24, 2.45) is 13.0 Å². The zero-order valence-corrected chi connectivity index (χ0v) is 9.23. The molecule has 0 aromatic carbocycles. The van der Waals surface area contributed by atoms with E-state index in [0.29, 0.717) is 12.0 Å². The number of hydrogen-bond acceptors (Lipinski definition) is 4. The second kappa shape index (κ2) is 4.63. The van der Waals surface area contributed by atoms with E-state index in [-0.39, 0.29) is 0 Å². The Morgan fingerprint density at radius 1 is 1.60 bits per heavy atom. The number of nitrogens with one attached hydrogen (secondary N) is 2. The molecule has 2 N–H and O–H groups in total. The van der Waals surface area contributed by atoms with Crippen LogP contribution in [0, 0.1) is 5.92 Å². The van der Waals surface area contributed by atoms with Crippen LogP contribution in [-0.2, 0) is 11.8 Å². The molecule has 1 saturated heterocycles. The summed E-state index contributed by atoms with van der Waals surface area (Å²) in [6.07, 6.45) is 3.81. The van der Waals surface area contributed by atoms with Crippen LogP contribution in [-0.4, -0.2) is 42.6 Å². The first kappa shape index (κ1) is 10.4. The Balaban J connectivity index is 1.82. The molecule has 5 heteroatoms. The third-order valence-electron chi connectivity index (χ3n) is 2.84. The van der Waals surface area contributed by atoms with E-state index in [1.165, 1.54) is 0 Å². The zero-order valence-electron chi connectivity index (χ0n) is 9.23. The first-order valence-electron chi connectivity index (χ1n) is 5.27. The van der Waals surface area contributed by atoms with Crippen molar-refractivity contribution in [3.63, 3.8) is 0 Å². The van der Waals surface area contributed by atoms with Gasteiger partial charge in [0.1, 0.15) is 0 Å². The van der Waals surface area contributed by atoms with Gasteiger partial charge in [0.15, 0.2) is 0 Å². The fourth-order valence-corrected chi connectivity index (χ4v) is 1.88. The van der Waals surface area contributed by atoms with Gasteiger partial charge in [-0.3, -0.25) is 4.68 Å². The Morgan fingerprint density at radius 3 is 3.13 bits per heavy atom. The summed E-state index contributed by atoms with van der Waals surface area (Å²) in [5, 5.41) is 10.7. The molecule has 1 aromatic heterocycles. The van der Waals surface area contributed by atoms with Gasteiger partial charge in [0, 0.05) is 31.7 Å². The molecular weight excluding hydrogens is 192 g/mol. The van der Waals surface area contributed by atoms with Crippen LogP contribution in [0.5, 0.6) is 0 Å². The zero-order chi connectivity index (χ0) is 10.7. The topological polar surface area (TPSA) is 51.1 Å². The highest BCUT2D eigenvalue weighted by molar-refractivity contribution is 5.38. The molecule has 0 amide bonds. The maximum atomic E-state index is 5.43. The van der Waals surface area contributed by atoms with Gasteiger partial charge in [-0.2, -0.15) is 5.10 Å². The predicted octanol–water partition coefficient (Wildman–Crippen LogP) is 0.0664. The summed E-state index contributed by atoms with van der Waals surface area (Å²) in [4.78, 5) is 0. The van der Waals surface area contributed by atoms with Gasteiger partial charge in [0.25, 0.3) is 0 Å². The molecule has 0 spiro atoms. The summed E-state index contributed by atoms with van der Waals surface area (Å²) in [5.41, 5.74) is 1.07. The number of nitrogens with zero attached hydrogens (tertiary/aromatic N) is 2. The lowest BCUT2D eigenvalue weighted by Gasteiger charge is -2.16. The first-order chi connectivity index (χ1) is 7.29. The van der Waals surface area contributed by atoms with Gasteiger partial charge in [-0.05, 0) is 7.05 Å². The Bertz CT molecular complexity index is 312. The van der Waals surface area contributed by atoms with Gasteiger partial charge in [0.05, 0.1) is 25.1 Å². The van der Waals surface area contributed by atoms with Gasteiger partial charge < -0.3 is 15.4 Å². The Morgan fingerprint density at radius 2 is 2.47 bits per heavy atom. The number of aryl methyl sites for hydroxylation is 1. The Kier molecular flexibility index (Phi) is 3.23. The third kappa shape index (κ3) is 2.49. The van der Waals surface area contributed by atoms with Crippen molar-refractivity contribution in [1.29, 1.82) is 0 Å². The van der Waals surface area contributed by atoms with E-state index in [0.717, 1.165) is 25.4 Å². The third-order valence-corrected chi connectivity index (χ3v) is 2.84. The number of ether oxygens (including phenoxy) is 1. The number of likely N-dealkylation sites (N-methyl/N-ethyl adjacent to an activating group) is 1. The second-order valence-electron chi connectivity index (χ2n) is 3.98. The fraction of sp³-hybridized carbons (Fsp3) is 0.700. The molecule has 5 nitrogen and oxygen atoms in total. The monoisotopic (exact) mass is 210 g/mol. The standard InChI is InChI=1S/C10H18N4O/c1-11-10-7-15-6-8(10)3-12-9-4-13-14(2)5-9/h4-5,8,10-12H,3,6-7H2,1-2H3. The van der Waals surface area contributed by atoms with E-state index in [1.807, 2.05) is 26.5 Å². The minimum Gasteiger partial charge on any atom is -0.382 e. The molecule has 84 valence electrons. The molecule has 1 fully saturated rings. The van der Waals surface area contributed by atoms with Gasteiger partial charge >= 0.3 is 0 Å². The van der Waals surface area contributed by atoms with Crippen molar-refractivity contribution in [3.05, 3.63) is 12.4 Å². The smallest absolute Gasteiger partial charge is 0.0726 e. The molecule has 2 atom stereocenters. The molecule has 2 unspecified atom stereocenters. The maximum Gasteiger partial charge on any atom is 0.0726 e. The normalized spacial score (nSPS) is 25.7. The summed E-state index contributed by atoms with van der Waals surface area (Å²) in [6.45, 7) is 2.58. The minimum absolute atomic E-state index is 0.467. The van der Waals surface area contributed by atoms with E-state index in [9.17, 15) is 0 Å². The molecule has 0 bridgehead atoms. The van der Waals surface area contributed by atoms with Crippen molar-refractivity contribution in [1.82, 2.24) is 15.1 Å². The lowest BCUT2D eigenvalue weighted by Crippen LogP contribution is -2.36. The minimum atomic E-state index is 0.467. The van der Waals surface area contributed by atoms with Gasteiger partial charge in [-0.25, -0.2) is 0 Å². The van der Waals surface area contributed by atoms with Crippen molar-refractivity contribution in [3.8, 4) is 0 Å². The first-order valence-corrected chi connectivity index (χ1v) is 5.27. The van der Waals surface area contributed by atoms with Crippen molar-refractivity contribution >= 4 is 5.69 Å². The summed E-state index contributed by atoms with van der Waals surface area (Å²) < 4.78 is 7.23. The lowest BCUT2D eigenvalue weighted by molar-refractivity contribution is 0.184. The van der Waals surface area contributed by atoms with E-state index < -0.39 is 0 Å². The summed E-state index contributed by atoms with van der Waals surface area (Å²) in [7, 11) is 3.90. The highest BCUT2D eigenvalue weighted by Crippen LogP contribution is 2.14. The van der Waals surface area contributed by atoms with E-state index in [1.54, 1.807) is 4.68 Å². The van der Waals surface area contributed by atoms with Crippen molar-refractivity contribution in [2.45, 2.75) is 6.04 Å². The molecule has 1 aromatic rings. The lowest BCUT2D eigenvalue weighted by atomic mass is 10.0. The molecular formula is C10H18N4O. The quantitative estimate of drug-likeness (QED) is 0.738. The number of anilines is 1. The molecule has 2 heterocycles. The Hall–Kier alpha value is -1.07. The predicted molar refractivity (Wildman–Crippen MR) is 58.9 cm³/mol. The van der Waals surface area contributed by atoms with Crippen LogP contribution in [0.2, 0.25) is 0 Å². The van der Waals surface area contributed by atoms with Crippen LogP contribution < -0.4 is 10.6 Å². The largest absolute Gasteiger partial charge is 0.382 e. The summed E-state index contributed by atoms with van der Waals surface area (Å²) in [6, 6.07) is 0.467. The molecule has 0 aliphatic carbocycles. The summed E-state index contributed by atoms with van der Waals surface area (Å²) >= 11 is 0. The SMILES string of the molecule is CNC1COCC1CNc1cnn(C)c1. The van der Waals surface area contributed by atoms with E-state index in [2.05, 4.69) is 15.7 Å². The van der Waals surface area contributed by atoms with Crippen LogP contribution in [0.25, 0.3) is 0 Å². The molecule has 0 saturated carbocycles. The van der Waals surface area contributed by atoms with Crippen LogP contribution in [0.4, 0.5) is 5.69 Å². The number of rotatable bonds is 4. The fourth-order valence-electron chi connectivity index (χ4n) is 1.88. The highest BCUT2D eigenvalue weighted by atomic mass is 16.5. The average Bonchev–Trinajstić information content (AvgIpc) is 2.83. The Labute approximate surface area is 89.8 Å². The van der Waals surface area contributed by atoms with Crippen molar-refractivity contribution in [2.75, 3.05) is 32.1 Å². The molecule has 1 aliphatic rings. The molecule has 0 radical (unpaired) electrons. The van der Waals surface area contributed by atoms with Crippen LogP contribution in [0.3, 0.4) is 0 Å². The van der Waals surface area contributed by atoms with E-state index in [4.69, 9.17) is 4.74 Å². The maximum absolute atomic E-state index is 5.43. The van der Waals surface area contributed by atoms with Gasteiger partial charge in [-0.1, -0.05) is 0 Å². The van der Waals surface area contributed by atoms with Crippen LogP contribution >= 0.6 is 0 Å². The molecule has 1 aliphatic heterocycles. The van der Waals surface area contributed by atoms with E-state index >= 15 is 0 Å². The average molecular weight is 210 g/mol. The molecule has 2 rings (SSSR count). The highest BCUT2D eigenvalue weighted by Gasteiger charge is 2.26. The number of aromatic nitrogens is 2.